The Labute approximate surface area is 102 Å². The summed E-state index contributed by atoms with van der Waals surface area (Å²) < 4.78 is 0. The topological polar surface area (TPSA) is 52.0 Å². The van der Waals surface area contributed by atoms with Gasteiger partial charge in [-0.15, -0.1) is 0 Å². The highest BCUT2D eigenvalue weighted by Gasteiger charge is 2.14. The number of hydrogen-bond acceptors (Lipinski definition) is 4. The fourth-order valence-electron chi connectivity index (χ4n) is 2.23. The monoisotopic (exact) mass is 230 g/mol. The minimum absolute atomic E-state index is 0.356. The van der Waals surface area contributed by atoms with Gasteiger partial charge in [-0.05, 0) is 45.0 Å². The molecule has 0 amide bonds. The second-order valence-electron chi connectivity index (χ2n) is 4.59. The number of nitriles is 1. The maximum atomic E-state index is 8.81. The minimum Gasteiger partial charge on any atom is -0.366 e. The summed E-state index contributed by atoms with van der Waals surface area (Å²) in [7, 11) is 0. The molecule has 1 saturated heterocycles. The molecular formula is C13H18N4. The van der Waals surface area contributed by atoms with Gasteiger partial charge >= 0.3 is 0 Å². The van der Waals surface area contributed by atoms with Gasteiger partial charge in [-0.3, -0.25) is 0 Å². The highest BCUT2D eigenvalue weighted by Crippen LogP contribution is 2.11. The summed E-state index contributed by atoms with van der Waals surface area (Å²) in [6.07, 6.45) is 4.30. The van der Waals surface area contributed by atoms with Crippen LogP contribution in [0.5, 0.6) is 0 Å². The van der Waals surface area contributed by atoms with Crippen molar-refractivity contribution >= 4 is 5.82 Å². The standard InChI is InChI=1S/C13H18N4/c1-11(10-17-6-2-3-7-17)16-13-8-12(9-14)4-5-15-13/h4-5,8,11H,2-3,6-7,10H2,1H3,(H,15,16). The van der Waals surface area contributed by atoms with Gasteiger partial charge in [-0.2, -0.15) is 5.26 Å². The molecule has 4 heteroatoms. The largest absolute Gasteiger partial charge is 0.366 e. The first-order valence-electron chi connectivity index (χ1n) is 6.13. The van der Waals surface area contributed by atoms with E-state index in [-0.39, 0.29) is 0 Å². The Bertz CT molecular complexity index is 404. The van der Waals surface area contributed by atoms with Gasteiger partial charge in [0.2, 0.25) is 0 Å². The lowest BCUT2D eigenvalue weighted by molar-refractivity contribution is 0.327. The van der Waals surface area contributed by atoms with E-state index >= 15 is 0 Å². The third-order valence-corrected chi connectivity index (χ3v) is 3.01. The molecule has 1 aliphatic rings. The number of pyridine rings is 1. The summed E-state index contributed by atoms with van der Waals surface area (Å²) in [4.78, 5) is 6.69. The maximum absolute atomic E-state index is 8.81. The molecule has 0 aliphatic carbocycles. The second kappa shape index (κ2) is 5.65. The van der Waals surface area contributed by atoms with E-state index in [1.807, 2.05) is 0 Å². The van der Waals surface area contributed by atoms with E-state index in [0.29, 0.717) is 11.6 Å². The lowest BCUT2D eigenvalue weighted by Crippen LogP contribution is -2.33. The molecule has 1 aromatic heterocycles. The van der Waals surface area contributed by atoms with Gasteiger partial charge in [0.25, 0.3) is 0 Å². The van der Waals surface area contributed by atoms with Gasteiger partial charge in [0, 0.05) is 18.8 Å². The Balaban J connectivity index is 1.88. The van der Waals surface area contributed by atoms with Crippen molar-refractivity contribution in [2.45, 2.75) is 25.8 Å². The lowest BCUT2D eigenvalue weighted by Gasteiger charge is -2.21. The van der Waals surface area contributed by atoms with Crippen molar-refractivity contribution < 1.29 is 0 Å². The summed E-state index contributed by atoms with van der Waals surface area (Å²) >= 11 is 0. The molecule has 17 heavy (non-hydrogen) atoms. The summed E-state index contributed by atoms with van der Waals surface area (Å²) in [5.41, 5.74) is 0.649. The zero-order valence-corrected chi connectivity index (χ0v) is 10.2. The van der Waals surface area contributed by atoms with Crippen molar-refractivity contribution in [3.63, 3.8) is 0 Å². The van der Waals surface area contributed by atoms with Gasteiger partial charge in [-0.1, -0.05) is 0 Å². The molecule has 2 rings (SSSR count). The van der Waals surface area contributed by atoms with Crippen molar-refractivity contribution in [3.05, 3.63) is 23.9 Å². The van der Waals surface area contributed by atoms with Gasteiger partial charge in [0.05, 0.1) is 11.6 Å². The van der Waals surface area contributed by atoms with E-state index in [1.165, 1.54) is 25.9 Å². The molecule has 0 bridgehead atoms. The van der Waals surface area contributed by atoms with Crippen LogP contribution < -0.4 is 5.32 Å². The molecule has 0 spiro atoms. The summed E-state index contributed by atoms with van der Waals surface area (Å²) in [5.74, 6) is 0.788. The molecule has 1 unspecified atom stereocenters. The number of hydrogen-bond donors (Lipinski definition) is 1. The fraction of sp³-hybridized carbons (Fsp3) is 0.538. The van der Waals surface area contributed by atoms with Crippen LogP contribution in [0.1, 0.15) is 25.3 Å². The van der Waals surface area contributed by atoms with Crippen LogP contribution in [0.3, 0.4) is 0 Å². The van der Waals surface area contributed by atoms with Crippen molar-refractivity contribution in [2.75, 3.05) is 25.0 Å². The first-order valence-corrected chi connectivity index (χ1v) is 6.13. The van der Waals surface area contributed by atoms with Crippen molar-refractivity contribution in [3.8, 4) is 6.07 Å². The van der Waals surface area contributed by atoms with Gasteiger partial charge in [0.1, 0.15) is 5.82 Å². The number of nitrogens with one attached hydrogen (secondary N) is 1. The highest BCUT2D eigenvalue weighted by molar-refractivity contribution is 5.42. The van der Waals surface area contributed by atoms with E-state index in [1.54, 1.807) is 18.3 Å². The summed E-state index contributed by atoms with van der Waals surface area (Å²) in [6, 6.07) is 5.99. The van der Waals surface area contributed by atoms with E-state index in [2.05, 4.69) is 28.2 Å². The second-order valence-corrected chi connectivity index (χ2v) is 4.59. The molecule has 2 heterocycles. The lowest BCUT2D eigenvalue weighted by atomic mass is 10.2. The summed E-state index contributed by atoms with van der Waals surface area (Å²) in [5, 5.41) is 12.2. The van der Waals surface area contributed by atoms with Crippen molar-refractivity contribution in [1.82, 2.24) is 9.88 Å². The molecule has 0 radical (unpaired) electrons. The first kappa shape index (κ1) is 11.9. The zero-order chi connectivity index (χ0) is 12.1. The Morgan fingerprint density at radius 3 is 3.00 bits per heavy atom. The molecule has 0 aromatic carbocycles. The average Bonchev–Trinajstić information content (AvgIpc) is 2.82. The molecular weight excluding hydrogens is 212 g/mol. The molecule has 1 N–H and O–H groups in total. The normalized spacial score (nSPS) is 17.6. The molecule has 4 nitrogen and oxygen atoms in total. The molecule has 0 saturated carbocycles. The smallest absolute Gasteiger partial charge is 0.127 e. The number of aromatic nitrogens is 1. The Morgan fingerprint density at radius 1 is 1.53 bits per heavy atom. The van der Waals surface area contributed by atoms with E-state index in [4.69, 9.17) is 5.26 Å². The molecule has 1 aliphatic heterocycles. The van der Waals surface area contributed by atoms with Gasteiger partial charge in [-0.25, -0.2) is 4.98 Å². The fourth-order valence-corrected chi connectivity index (χ4v) is 2.23. The summed E-state index contributed by atoms with van der Waals surface area (Å²) in [6.45, 7) is 5.60. The highest BCUT2D eigenvalue weighted by atomic mass is 15.2. The van der Waals surface area contributed by atoms with Crippen LogP contribution in [0.15, 0.2) is 18.3 Å². The minimum atomic E-state index is 0.356. The third-order valence-electron chi connectivity index (χ3n) is 3.01. The maximum Gasteiger partial charge on any atom is 0.127 e. The number of nitrogens with zero attached hydrogens (tertiary/aromatic N) is 3. The molecule has 1 aromatic rings. The van der Waals surface area contributed by atoms with Crippen molar-refractivity contribution in [1.29, 1.82) is 5.26 Å². The predicted molar refractivity (Wildman–Crippen MR) is 67.7 cm³/mol. The van der Waals surface area contributed by atoms with Gasteiger partial charge < -0.3 is 10.2 Å². The number of anilines is 1. The van der Waals surface area contributed by atoms with Crippen LogP contribution in [0.4, 0.5) is 5.82 Å². The average molecular weight is 230 g/mol. The number of likely N-dealkylation sites (tertiary alicyclic amines) is 1. The first-order chi connectivity index (χ1) is 8.28. The predicted octanol–water partition coefficient (Wildman–Crippen LogP) is 1.85. The van der Waals surface area contributed by atoms with Crippen LogP contribution in [0.25, 0.3) is 0 Å². The number of rotatable bonds is 4. The van der Waals surface area contributed by atoms with Gasteiger partial charge in [0.15, 0.2) is 0 Å². The van der Waals surface area contributed by atoms with E-state index in [0.717, 1.165) is 12.4 Å². The Kier molecular flexibility index (Phi) is 3.94. The molecule has 1 atom stereocenters. The van der Waals surface area contributed by atoms with E-state index < -0.39 is 0 Å². The van der Waals surface area contributed by atoms with Crippen molar-refractivity contribution in [2.24, 2.45) is 0 Å². The third kappa shape index (κ3) is 3.43. The quantitative estimate of drug-likeness (QED) is 0.857. The van der Waals surface area contributed by atoms with Crippen LogP contribution in [-0.2, 0) is 0 Å². The zero-order valence-electron chi connectivity index (χ0n) is 10.2. The Hall–Kier alpha value is -1.60. The Morgan fingerprint density at radius 2 is 2.29 bits per heavy atom. The molecule has 1 fully saturated rings. The van der Waals surface area contributed by atoms with Crippen LogP contribution in [0, 0.1) is 11.3 Å². The SMILES string of the molecule is CC(CN1CCCC1)Nc1cc(C#N)ccn1. The molecule has 90 valence electrons. The van der Waals surface area contributed by atoms with E-state index in [9.17, 15) is 0 Å². The van der Waals surface area contributed by atoms with Crippen LogP contribution >= 0.6 is 0 Å². The van der Waals surface area contributed by atoms with Crippen LogP contribution in [0.2, 0.25) is 0 Å². The van der Waals surface area contributed by atoms with Crippen LogP contribution in [-0.4, -0.2) is 35.6 Å².